The summed E-state index contributed by atoms with van der Waals surface area (Å²) in [7, 11) is 0. The molecule has 1 amide bonds. The molecule has 0 unspecified atom stereocenters. The van der Waals surface area contributed by atoms with Gasteiger partial charge in [0.25, 0.3) is 5.91 Å². The number of pyridine rings is 1. The number of alkyl halides is 3. The lowest BCUT2D eigenvalue weighted by atomic mass is 10.0. The van der Waals surface area contributed by atoms with Gasteiger partial charge < -0.3 is 9.88 Å². The van der Waals surface area contributed by atoms with Crippen LogP contribution in [0, 0.1) is 26.2 Å². The molecule has 1 aliphatic rings. The van der Waals surface area contributed by atoms with Gasteiger partial charge in [0.05, 0.1) is 29.1 Å². The van der Waals surface area contributed by atoms with E-state index in [4.69, 9.17) is 6.57 Å². The first kappa shape index (κ1) is 22.1. The highest BCUT2D eigenvalue weighted by molar-refractivity contribution is 6.13. The molecule has 0 bridgehead atoms. The number of anilines is 3. The normalized spacial score (nSPS) is 13.7. The zero-order valence-corrected chi connectivity index (χ0v) is 17.4. The molecule has 10 heteroatoms. The third kappa shape index (κ3) is 3.82. The van der Waals surface area contributed by atoms with Gasteiger partial charge in [-0.15, -0.1) is 0 Å². The molecule has 33 heavy (non-hydrogen) atoms. The smallest absolute Gasteiger partial charge is 0.324 e. The van der Waals surface area contributed by atoms with Crippen molar-refractivity contribution in [3.8, 4) is 0 Å². The van der Waals surface area contributed by atoms with Gasteiger partial charge in [-0.2, -0.15) is 13.2 Å². The van der Waals surface area contributed by atoms with Crippen molar-refractivity contribution in [2.45, 2.75) is 20.0 Å². The number of aryl methyl sites for hydroxylation is 2. The number of hydrogen-bond donors (Lipinski definition) is 1. The molecule has 2 heterocycles. The van der Waals surface area contributed by atoms with Crippen molar-refractivity contribution in [1.82, 2.24) is 4.98 Å². The minimum Gasteiger partial charge on any atom is -0.324 e. The number of carbonyl (C=O) groups is 1. The molecule has 3 aromatic rings. The minimum atomic E-state index is -4.81. The molecular weight excluding hydrogens is 440 g/mol. The van der Waals surface area contributed by atoms with Gasteiger partial charge in [0, 0.05) is 17.4 Å². The summed E-state index contributed by atoms with van der Waals surface area (Å²) in [5.74, 6) is -1.15. The molecule has 2 aromatic carbocycles. The van der Waals surface area contributed by atoms with Crippen LogP contribution in [-0.2, 0) is 6.18 Å². The number of aromatic nitrogens is 1. The van der Waals surface area contributed by atoms with Crippen molar-refractivity contribution >= 4 is 28.7 Å². The summed E-state index contributed by atoms with van der Waals surface area (Å²) in [5, 5.41) is 0. The van der Waals surface area contributed by atoms with Gasteiger partial charge in [-0.3, -0.25) is 14.5 Å². The second-order valence-corrected chi connectivity index (χ2v) is 7.56. The van der Waals surface area contributed by atoms with Crippen LogP contribution in [0.2, 0.25) is 0 Å². The number of amides is 1. The summed E-state index contributed by atoms with van der Waals surface area (Å²) in [4.78, 5) is 33.3. The number of benzene rings is 2. The second kappa shape index (κ2) is 7.78. The number of nitrogens with zero attached hydrogens (tertiary/aromatic N) is 3. The Morgan fingerprint density at radius 2 is 1.67 bits per heavy atom. The SMILES string of the molecule is [C-]#[N+]c1cc2c(cc1C(F)(F)F)N(c1ccc(F)cc1C)CN(c1ccc(=O)[nH]c1C)C2=O. The maximum atomic E-state index is 13.7. The first-order valence-corrected chi connectivity index (χ1v) is 9.69. The van der Waals surface area contributed by atoms with Gasteiger partial charge in [-0.05, 0) is 55.8 Å². The van der Waals surface area contributed by atoms with Crippen LogP contribution in [-0.4, -0.2) is 17.6 Å². The van der Waals surface area contributed by atoms with Crippen LogP contribution < -0.4 is 15.4 Å². The monoisotopic (exact) mass is 456 g/mol. The molecule has 1 N–H and O–H groups in total. The quantitative estimate of drug-likeness (QED) is 0.412. The number of halogens is 4. The molecule has 0 saturated carbocycles. The van der Waals surface area contributed by atoms with E-state index in [2.05, 4.69) is 9.83 Å². The lowest BCUT2D eigenvalue weighted by Crippen LogP contribution is -2.45. The first-order chi connectivity index (χ1) is 15.5. The molecule has 168 valence electrons. The Bertz CT molecular complexity index is 1390. The van der Waals surface area contributed by atoms with E-state index in [1.54, 1.807) is 13.8 Å². The van der Waals surface area contributed by atoms with Gasteiger partial charge in [0.15, 0.2) is 5.69 Å². The number of hydrogen-bond acceptors (Lipinski definition) is 3. The van der Waals surface area contributed by atoms with Gasteiger partial charge in [0.2, 0.25) is 5.56 Å². The van der Waals surface area contributed by atoms with Gasteiger partial charge >= 0.3 is 6.18 Å². The fourth-order valence-electron chi connectivity index (χ4n) is 3.89. The fourth-order valence-corrected chi connectivity index (χ4v) is 3.89. The summed E-state index contributed by atoms with van der Waals surface area (Å²) < 4.78 is 54.7. The number of carbonyl (C=O) groups excluding carboxylic acids is 1. The van der Waals surface area contributed by atoms with Crippen LogP contribution in [0.3, 0.4) is 0 Å². The van der Waals surface area contributed by atoms with Crippen molar-refractivity contribution in [2.24, 2.45) is 0 Å². The molecule has 4 rings (SSSR count). The Morgan fingerprint density at radius 3 is 2.27 bits per heavy atom. The largest absolute Gasteiger partial charge is 0.407 e. The summed E-state index contributed by atoms with van der Waals surface area (Å²) in [6.45, 7) is 10.2. The summed E-state index contributed by atoms with van der Waals surface area (Å²) in [6, 6.07) is 8.19. The van der Waals surface area contributed by atoms with Gasteiger partial charge in [-0.1, -0.05) is 0 Å². The average Bonchev–Trinajstić information content (AvgIpc) is 2.74. The maximum absolute atomic E-state index is 13.7. The zero-order valence-electron chi connectivity index (χ0n) is 17.4. The lowest BCUT2D eigenvalue weighted by molar-refractivity contribution is -0.136. The van der Waals surface area contributed by atoms with E-state index in [9.17, 15) is 27.2 Å². The molecule has 6 nitrogen and oxygen atoms in total. The highest BCUT2D eigenvalue weighted by Gasteiger charge is 2.39. The van der Waals surface area contributed by atoms with Crippen LogP contribution in [0.25, 0.3) is 4.85 Å². The Kier molecular flexibility index (Phi) is 5.20. The molecule has 0 atom stereocenters. The predicted octanol–water partition coefficient (Wildman–Crippen LogP) is 5.46. The van der Waals surface area contributed by atoms with Gasteiger partial charge in [-0.25, -0.2) is 9.24 Å². The van der Waals surface area contributed by atoms with Crippen LogP contribution in [0.15, 0.2) is 47.3 Å². The Hall–Kier alpha value is -4.13. The van der Waals surface area contributed by atoms with Crippen molar-refractivity contribution in [3.63, 3.8) is 0 Å². The molecule has 0 saturated heterocycles. The van der Waals surface area contributed by atoms with E-state index in [-0.39, 0.29) is 23.5 Å². The van der Waals surface area contributed by atoms with Crippen molar-refractivity contribution in [3.05, 3.63) is 92.4 Å². The fraction of sp³-hybridized carbons (Fsp3) is 0.174. The average molecular weight is 456 g/mol. The highest BCUT2D eigenvalue weighted by Crippen LogP contribution is 2.45. The molecular formula is C23H16F4N4O2. The van der Waals surface area contributed by atoms with E-state index < -0.39 is 29.2 Å². The number of nitrogens with one attached hydrogen (secondary N) is 1. The van der Waals surface area contributed by atoms with Crippen LogP contribution in [0.5, 0.6) is 0 Å². The first-order valence-electron chi connectivity index (χ1n) is 9.69. The molecule has 0 spiro atoms. The third-order valence-electron chi connectivity index (χ3n) is 5.42. The summed E-state index contributed by atoms with van der Waals surface area (Å²) in [5.41, 5.74) is -0.850. The molecule has 0 fully saturated rings. The number of H-pyrrole nitrogens is 1. The summed E-state index contributed by atoms with van der Waals surface area (Å²) >= 11 is 0. The number of rotatable bonds is 2. The Labute approximate surface area is 185 Å². The third-order valence-corrected chi connectivity index (χ3v) is 5.42. The number of aromatic amines is 1. The maximum Gasteiger partial charge on any atom is 0.407 e. The Morgan fingerprint density at radius 1 is 0.970 bits per heavy atom. The van der Waals surface area contributed by atoms with Gasteiger partial charge in [0.1, 0.15) is 12.5 Å². The van der Waals surface area contributed by atoms with Crippen LogP contribution in [0.4, 0.5) is 40.3 Å². The molecule has 1 aliphatic heterocycles. The van der Waals surface area contributed by atoms with E-state index in [0.717, 1.165) is 12.1 Å². The van der Waals surface area contributed by atoms with E-state index in [0.29, 0.717) is 22.6 Å². The number of fused-ring (bicyclic) bond motifs is 1. The molecule has 0 radical (unpaired) electrons. The van der Waals surface area contributed by atoms with Crippen molar-refractivity contribution in [2.75, 3.05) is 16.5 Å². The van der Waals surface area contributed by atoms with E-state index >= 15 is 0 Å². The molecule has 0 aliphatic carbocycles. The lowest BCUT2D eigenvalue weighted by Gasteiger charge is -2.39. The minimum absolute atomic E-state index is 0.0484. The Balaban J connectivity index is 1.99. The van der Waals surface area contributed by atoms with E-state index in [1.165, 1.54) is 40.1 Å². The van der Waals surface area contributed by atoms with Crippen molar-refractivity contribution in [1.29, 1.82) is 0 Å². The molecule has 1 aromatic heterocycles. The zero-order chi connectivity index (χ0) is 24.1. The van der Waals surface area contributed by atoms with E-state index in [1.807, 2.05) is 0 Å². The predicted molar refractivity (Wildman–Crippen MR) is 114 cm³/mol. The van der Waals surface area contributed by atoms with Crippen LogP contribution >= 0.6 is 0 Å². The summed E-state index contributed by atoms with van der Waals surface area (Å²) in [6.07, 6.45) is -4.81. The standard InChI is InChI=1S/C23H16F4N4O2/c1-12-8-14(24)4-5-18(12)30-11-31(19-6-7-21(32)29-13(19)2)22(33)15-9-17(28-3)16(10-20(15)30)23(25,26)27/h4-10H,11H2,1-2H3,(H,29,32). The second-order valence-electron chi connectivity index (χ2n) is 7.56. The topological polar surface area (TPSA) is 60.8 Å². The van der Waals surface area contributed by atoms with Crippen LogP contribution in [0.1, 0.15) is 27.2 Å². The van der Waals surface area contributed by atoms with Crippen molar-refractivity contribution < 1.29 is 22.4 Å². The highest BCUT2D eigenvalue weighted by atomic mass is 19.4.